The second kappa shape index (κ2) is 7.41. The van der Waals surface area contributed by atoms with Crippen molar-refractivity contribution in [3.05, 3.63) is 43.7 Å². The Labute approximate surface area is 140 Å². The average molecular weight is 416 g/mol. The number of benzene rings is 1. The van der Waals surface area contributed by atoms with Crippen LogP contribution in [0.3, 0.4) is 0 Å². The van der Waals surface area contributed by atoms with E-state index in [0.29, 0.717) is 16.4 Å². The Kier molecular flexibility index (Phi) is 5.57. The standard InChI is InChI=1S/C14H13IN2O3S/c1-19-11-7-9(6-10(15)13(11)20-2)8-16-17-14(18)12-4-3-5-21-12/h3-8H,1-2H3,(H,17,18)/b16-8-. The second-order valence-corrected chi connectivity index (χ2v) is 6.02. The molecule has 21 heavy (non-hydrogen) atoms. The van der Waals surface area contributed by atoms with Crippen molar-refractivity contribution in [2.45, 2.75) is 0 Å². The monoisotopic (exact) mass is 416 g/mol. The molecule has 0 radical (unpaired) electrons. The lowest BCUT2D eigenvalue weighted by Gasteiger charge is -2.10. The van der Waals surface area contributed by atoms with E-state index in [0.717, 1.165) is 9.13 Å². The molecule has 0 fully saturated rings. The van der Waals surface area contributed by atoms with Crippen molar-refractivity contribution in [3.63, 3.8) is 0 Å². The number of methoxy groups -OCH3 is 2. The van der Waals surface area contributed by atoms with Gasteiger partial charge in [0, 0.05) is 0 Å². The van der Waals surface area contributed by atoms with Crippen LogP contribution in [0.2, 0.25) is 0 Å². The molecule has 1 aromatic heterocycles. The SMILES string of the molecule is COc1cc(/C=N\NC(=O)c2cccs2)cc(I)c1OC. The fraction of sp³-hybridized carbons (Fsp3) is 0.143. The van der Waals surface area contributed by atoms with Crippen LogP contribution in [0.4, 0.5) is 0 Å². The quantitative estimate of drug-likeness (QED) is 0.463. The number of rotatable bonds is 5. The van der Waals surface area contributed by atoms with Gasteiger partial charge in [0.25, 0.3) is 5.91 Å². The van der Waals surface area contributed by atoms with Gasteiger partial charge in [0.2, 0.25) is 0 Å². The predicted octanol–water partition coefficient (Wildman–Crippen LogP) is 3.13. The Bertz CT molecular complexity index is 656. The molecule has 0 atom stereocenters. The molecular formula is C14H13IN2O3S. The van der Waals surface area contributed by atoms with Crippen LogP contribution in [0.25, 0.3) is 0 Å². The fourth-order valence-corrected chi connectivity index (χ4v) is 3.10. The number of carbonyl (C=O) groups is 1. The van der Waals surface area contributed by atoms with Gasteiger partial charge in [0.05, 0.1) is 28.9 Å². The van der Waals surface area contributed by atoms with E-state index in [1.54, 1.807) is 32.6 Å². The molecule has 7 heteroatoms. The molecule has 1 aromatic carbocycles. The van der Waals surface area contributed by atoms with Crippen molar-refractivity contribution in [2.75, 3.05) is 14.2 Å². The van der Waals surface area contributed by atoms with Gasteiger partial charge in [0.15, 0.2) is 11.5 Å². The molecule has 0 spiro atoms. The van der Waals surface area contributed by atoms with Crippen molar-refractivity contribution in [3.8, 4) is 11.5 Å². The van der Waals surface area contributed by atoms with E-state index in [2.05, 4.69) is 33.1 Å². The number of hydrazone groups is 1. The molecule has 0 aliphatic heterocycles. The summed E-state index contributed by atoms with van der Waals surface area (Å²) >= 11 is 3.52. The summed E-state index contributed by atoms with van der Waals surface area (Å²) in [4.78, 5) is 12.3. The highest BCUT2D eigenvalue weighted by atomic mass is 127. The maximum Gasteiger partial charge on any atom is 0.281 e. The third-order valence-corrected chi connectivity index (χ3v) is 4.25. The Morgan fingerprint density at radius 3 is 2.81 bits per heavy atom. The lowest BCUT2D eigenvalue weighted by atomic mass is 10.2. The van der Waals surface area contributed by atoms with Crippen molar-refractivity contribution >= 4 is 46.0 Å². The molecule has 0 aliphatic carbocycles. The van der Waals surface area contributed by atoms with Gasteiger partial charge >= 0.3 is 0 Å². The van der Waals surface area contributed by atoms with Crippen LogP contribution < -0.4 is 14.9 Å². The Hall–Kier alpha value is -1.61. The van der Waals surface area contributed by atoms with Gasteiger partial charge in [-0.15, -0.1) is 11.3 Å². The highest BCUT2D eigenvalue weighted by molar-refractivity contribution is 14.1. The molecule has 5 nitrogen and oxygen atoms in total. The van der Waals surface area contributed by atoms with Gasteiger partial charge in [-0.1, -0.05) is 6.07 Å². The molecule has 0 aliphatic rings. The first-order valence-electron chi connectivity index (χ1n) is 5.94. The smallest absolute Gasteiger partial charge is 0.281 e. The average Bonchev–Trinajstić information content (AvgIpc) is 3.00. The van der Waals surface area contributed by atoms with Gasteiger partial charge in [-0.25, -0.2) is 5.43 Å². The molecule has 0 bridgehead atoms. The normalized spacial score (nSPS) is 10.6. The highest BCUT2D eigenvalue weighted by Crippen LogP contribution is 2.32. The van der Waals surface area contributed by atoms with Gasteiger partial charge < -0.3 is 9.47 Å². The number of halogens is 1. The Balaban J connectivity index is 2.11. The summed E-state index contributed by atoms with van der Waals surface area (Å²) in [5, 5.41) is 5.79. The molecule has 2 rings (SSSR count). The molecule has 0 saturated carbocycles. The largest absolute Gasteiger partial charge is 0.493 e. The molecular weight excluding hydrogens is 403 g/mol. The third kappa shape index (κ3) is 3.94. The van der Waals surface area contributed by atoms with E-state index in [-0.39, 0.29) is 5.91 Å². The van der Waals surface area contributed by atoms with E-state index in [1.807, 2.05) is 17.5 Å². The second-order valence-electron chi connectivity index (χ2n) is 3.91. The third-order valence-electron chi connectivity index (χ3n) is 2.58. The summed E-state index contributed by atoms with van der Waals surface area (Å²) in [7, 11) is 3.17. The van der Waals surface area contributed by atoms with Crippen LogP contribution in [-0.4, -0.2) is 26.3 Å². The molecule has 0 saturated heterocycles. The number of carbonyl (C=O) groups excluding carboxylic acids is 1. The number of hydrogen-bond acceptors (Lipinski definition) is 5. The van der Waals surface area contributed by atoms with E-state index < -0.39 is 0 Å². The van der Waals surface area contributed by atoms with E-state index >= 15 is 0 Å². The molecule has 1 heterocycles. The van der Waals surface area contributed by atoms with E-state index in [4.69, 9.17) is 9.47 Å². The topological polar surface area (TPSA) is 59.9 Å². The Morgan fingerprint density at radius 1 is 1.38 bits per heavy atom. The first-order chi connectivity index (χ1) is 10.2. The van der Waals surface area contributed by atoms with Crippen LogP contribution in [-0.2, 0) is 0 Å². The van der Waals surface area contributed by atoms with Crippen LogP contribution in [0, 0.1) is 3.57 Å². The number of ether oxygens (including phenoxy) is 2. The lowest BCUT2D eigenvalue weighted by molar-refractivity contribution is 0.0959. The minimum absolute atomic E-state index is 0.226. The van der Waals surface area contributed by atoms with Gasteiger partial charge in [-0.3, -0.25) is 4.79 Å². The first kappa shape index (κ1) is 15.8. The predicted molar refractivity (Wildman–Crippen MR) is 91.6 cm³/mol. The minimum Gasteiger partial charge on any atom is -0.493 e. The molecule has 0 unspecified atom stereocenters. The number of hydrogen-bond donors (Lipinski definition) is 1. The summed E-state index contributed by atoms with van der Waals surface area (Å²) in [6.45, 7) is 0. The summed E-state index contributed by atoms with van der Waals surface area (Å²) in [5.41, 5.74) is 3.29. The maximum absolute atomic E-state index is 11.7. The maximum atomic E-state index is 11.7. The highest BCUT2D eigenvalue weighted by Gasteiger charge is 2.09. The van der Waals surface area contributed by atoms with Gasteiger partial charge in [0.1, 0.15) is 0 Å². The van der Waals surface area contributed by atoms with Crippen molar-refractivity contribution in [1.29, 1.82) is 0 Å². The summed E-state index contributed by atoms with van der Waals surface area (Å²) in [6, 6.07) is 7.25. The first-order valence-corrected chi connectivity index (χ1v) is 7.90. The fourth-order valence-electron chi connectivity index (χ4n) is 1.64. The van der Waals surface area contributed by atoms with Crippen LogP contribution in [0.5, 0.6) is 11.5 Å². The molecule has 110 valence electrons. The summed E-state index contributed by atoms with van der Waals surface area (Å²) in [5.74, 6) is 1.07. The lowest BCUT2D eigenvalue weighted by Crippen LogP contribution is -2.16. The Morgan fingerprint density at radius 2 is 2.19 bits per heavy atom. The minimum atomic E-state index is -0.226. The number of thiophene rings is 1. The molecule has 1 N–H and O–H groups in total. The molecule has 1 amide bonds. The molecule has 2 aromatic rings. The zero-order valence-corrected chi connectivity index (χ0v) is 14.4. The van der Waals surface area contributed by atoms with E-state index in [9.17, 15) is 4.79 Å². The zero-order chi connectivity index (χ0) is 15.2. The van der Waals surface area contributed by atoms with Crippen molar-refractivity contribution < 1.29 is 14.3 Å². The van der Waals surface area contributed by atoms with Crippen molar-refractivity contribution in [2.24, 2.45) is 5.10 Å². The summed E-state index contributed by atoms with van der Waals surface area (Å²) in [6.07, 6.45) is 1.57. The number of nitrogens with zero attached hydrogens (tertiary/aromatic N) is 1. The van der Waals surface area contributed by atoms with E-state index in [1.165, 1.54) is 11.3 Å². The number of nitrogens with one attached hydrogen (secondary N) is 1. The van der Waals surface area contributed by atoms with Gasteiger partial charge in [-0.05, 0) is 51.7 Å². The van der Waals surface area contributed by atoms with Crippen LogP contribution >= 0.6 is 33.9 Å². The zero-order valence-electron chi connectivity index (χ0n) is 11.4. The van der Waals surface area contributed by atoms with Crippen LogP contribution in [0.15, 0.2) is 34.7 Å². The van der Waals surface area contributed by atoms with Crippen LogP contribution in [0.1, 0.15) is 15.2 Å². The number of amides is 1. The van der Waals surface area contributed by atoms with Gasteiger partial charge in [-0.2, -0.15) is 5.10 Å². The summed E-state index contributed by atoms with van der Waals surface area (Å²) < 4.78 is 11.4. The van der Waals surface area contributed by atoms with Crippen molar-refractivity contribution in [1.82, 2.24) is 5.43 Å².